The van der Waals surface area contributed by atoms with Crippen molar-refractivity contribution < 1.29 is 19.4 Å². The number of ether oxygens (including phenoxy) is 1. The molecule has 7 heteroatoms. The highest BCUT2D eigenvalue weighted by molar-refractivity contribution is 6.51. The third kappa shape index (κ3) is 3.84. The molecule has 1 N–H and O–H groups in total. The second-order valence-corrected chi connectivity index (χ2v) is 7.94. The molecule has 0 aromatic heterocycles. The zero-order chi connectivity index (χ0) is 23.7. The van der Waals surface area contributed by atoms with Crippen LogP contribution in [-0.4, -0.2) is 23.9 Å². The van der Waals surface area contributed by atoms with Crippen molar-refractivity contribution in [2.75, 3.05) is 12.0 Å². The van der Waals surface area contributed by atoms with E-state index in [2.05, 4.69) is 0 Å². The Morgan fingerprint density at radius 3 is 2.42 bits per heavy atom. The van der Waals surface area contributed by atoms with Crippen molar-refractivity contribution in [2.24, 2.45) is 0 Å². The van der Waals surface area contributed by atoms with Gasteiger partial charge in [-0.1, -0.05) is 35.9 Å². The van der Waals surface area contributed by atoms with Crippen LogP contribution in [0, 0.1) is 18.3 Å². The predicted molar refractivity (Wildman–Crippen MR) is 125 cm³/mol. The molecule has 1 aliphatic heterocycles. The number of amides is 1. The Morgan fingerprint density at radius 1 is 1.09 bits per heavy atom. The number of hydrogen-bond donors (Lipinski definition) is 1. The lowest BCUT2D eigenvalue weighted by Gasteiger charge is -2.26. The summed E-state index contributed by atoms with van der Waals surface area (Å²) < 4.78 is 5.23. The van der Waals surface area contributed by atoms with Gasteiger partial charge in [-0.3, -0.25) is 14.5 Å². The van der Waals surface area contributed by atoms with Gasteiger partial charge in [0.1, 0.15) is 11.5 Å². The quantitative estimate of drug-likeness (QED) is 0.331. The van der Waals surface area contributed by atoms with Crippen LogP contribution in [0.3, 0.4) is 0 Å². The number of carbonyl (C=O) groups is 2. The predicted octanol–water partition coefficient (Wildman–Crippen LogP) is 5.16. The van der Waals surface area contributed by atoms with Gasteiger partial charge in [0.25, 0.3) is 11.7 Å². The topological polar surface area (TPSA) is 90.6 Å². The van der Waals surface area contributed by atoms with Crippen molar-refractivity contribution in [2.45, 2.75) is 13.0 Å². The van der Waals surface area contributed by atoms with E-state index in [-0.39, 0.29) is 11.3 Å². The van der Waals surface area contributed by atoms with E-state index in [1.165, 1.54) is 18.1 Å². The van der Waals surface area contributed by atoms with Gasteiger partial charge in [0.05, 0.1) is 35.4 Å². The minimum atomic E-state index is -0.860. The minimum Gasteiger partial charge on any atom is -0.507 e. The number of anilines is 1. The first-order valence-electron chi connectivity index (χ1n) is 10.1. The minimum absolute atomic E-state index is 0.0389. The monoisotopic (exact) mass is 458 g/mol. The van der Waals surface area contributed by atoms with Gasteiger partial charge in [0, 0.05) is 11.3 Å². The van der Waals surface area contributed by atoms with Crippen LogP contribution in [0.4, 0.5) is 5.69 Å². The largest absolute Gasteiger partial charge is 0.507 e. The number of aliphatic hydroxyl groups excluding tert-OH is 1. The Balaban J connectivity index is 1.96. The molecule has 0 radical (unpaired) electrons. The highest BCUT2D eigenvalue weighted by Crippen LogP contribution is 2.43. The summed E-state index contributed by atoms with van der Waals surface area (Å²) >= 11 is 6.11. The van der Waals surface area contributed by atoms with Crippen LogP contribution < -0.4 is 9.64 Å². The van der Waals surface area contributed by atoms with Gasteiger partial charge in [-0.25, -0.2) is 0 Å². The van der Waals surface area contributed by atoms with Crippen molar-refractivity contribution in [3.63, 3.8) is 0 Å². The van der Waals surface area contributed by atoms with E-state index in [1.807, 2.05) is 37.3 Å². The molecule has 1 saturated heterocycles. The molecule has 4 rings (SSSR count). The molecule has 0 aliphatic carbocycles. The van der Waals surface area contributed by atoms with Crippen LogP contribution in [0.15, 0.2) is 72.3 Å². The normalized spacial score (nSPS) is 17.2. The Labute approximate surface area is 195 Å². The average Bonchev–Trinajstić information content (AvgIpc) is 3.09. The van der Waals surface area contributed by atoms with E-state index in [9.17, 15) is 14.7 Å². The average molecular weight is 459 g/mol. The third-order valence-electron chi connectivity index (χ3n) is 5.63. The number of hydrogen-bond acceptors (Lipinski definition) is 5. The van der Waals surface area contributed by atoms with Crippen molar-refractivity contribution in [1.29, 1.82) is 5.26 Å². The standard InChI is InChI=1S/C26H19ClN2O4/c1-15-5-3-4-6-19(15)23-22(24(30)17-9-12-20(27)21(13-17)33-2)25(31)26(32)29(23)18-10-7-16(14-28)8-11-18/h3-13,23,30H,1-2H3/b24-22+. The first kappa shape index (κ1) is 22.1. The van der Waals surface area contributed by atoms with E-state index in [0.29, 0.717) is 33.1 Å². The van der Waals surface area contributed by atoms with Gasteiger partial charge in [-0.05, 0) is 60.5 Å². The van der Waals surface area contributed by atoms with Crippen LogP contribution in [0.5, 0.6) is 5.75 Å². The molecule has 0 saturated carbocycles. The fraction of sp³-hybridized carbons (Fsp3) is 0.115. The molecule has 6 nitrogen and oxygen atoms in total. The first-order valence-corrected chi connectivity index (χ1v) is 10.5. The maximum Gasteiger partial charge on any atom is 0.300 e. The number of methoxy groups -OCH3 is 1. The molecule has 33 heavy (non-hydrogen) atoms. The Bertz CT molecular complexity index is 1340. The lowest BCUT2D eigenvalue weighted by molar-refractivity contribution is -0.132. The van der Waals surface area contributed by atoms with Gasteiger partial charge in [0.15, 0.2) is 0 Å². The van der Waals surface area contributed by atoms with E-state index >= 15 is 0 Å². The summed E-state index contributed by atoms with van der Waals surface area (Å²) in [6, 6.07) is 19.5. The molecule has 1 amide bonds. The lowest BCUT2D eigenvalue weighted by Crippen LogP contribution is -2.29. The third-order valence-corrected chi connectivity index (χ3v) is 5.94. The molecule has 1 heterocycles. The Hall–Kier alpha value is -4.08. The summed E-state index contributed by atoms with van der Waals surface area (Å²) in [5.74, 6) is -1.57. The molecule has 164 valence electrons. The van der Waals surface area contributed by atoms with Crippen LogP contribution in [0.2, 0.25) is 5.02 Å². The molecular formula is C26H19ClN2O4. The summed E-state index contributed by atoms with van der Waals surface area (Å²) in [6.07, 6.45) is 0. The highest BCUT2D eigenvalue weighted by atomic mass is 35.5. The fourth-order valence-corrected chi connectivity index (χ4v) is 4.14. The molecule has 1 unspecified atom stereocenters. The molecule has 0 spiro atoms. The van der Waals surface area contributed by atoms with Gasteiger partial charge >= 0.3 is 0 Å². The van der Waals surface area contributed by atoms with Crippen LogP contribution in [-0.2, 0) is 9.59 Å². The van der Waals surface area contributed by atoms with Crippen molar-refractivity contribution >= 4 is 34.7 Å². The smallest absolute Gasteiger partial charge is 0.300 e. The first-order chi connectivity index (χ1) is 15.9. The highest BCUT2D eigenvalue weighted by Gasteiger charge is 2.47. The second kappa shape index (κ2) is 8.81. The molecule has 1 fully saturated rings. The zero-order valence-electron chi connectivity index (χ0n) is 17.9. The Kier molecular flexibility index (Phi) is 5.91. The summed E-state index contributed by atoms with van der Waals surface area (Å²) in [7, 11) is 1.45. The molecule has 3 aromatic carbocycles. The van der Waals surface area contributed by atoms with E-state index in [4.69, 9.17) is 21.6 Å². The van der Waals surface area contributed by atoms with Gasteiger partial charge in [-0.2, -0.15) is 5.26 Å². The van der Waals surface area contributed by atoms with Crippen LogP contribution in [0.25, 0.3) is 5.76 Å². The lowest BCUT2D eigenvalue weighted by atomic mass is 9.92. The fourth-order valence-electron chi connectivity index (χ4n) is 3.95. The van der Waals surface area contributed by atoms with Gasteiger partial charge in [0.2, 0.25) is 0 Å². The number of ketones is 1. The molecule has 1 atom stereocenters. The van der Waals surface area contributed by atoms with E-state index in [0.717, 1.165) is 5.56 Å². The number of nitriles is 1. The second-order valence-electron chi connectivity index (χ2n) is 7.53. The number of nitrogens with zero attached hydrogens (tertiary/aromatic N) is 2. The van der Waals surface area contributed by atoms with Crippen LogP contribution >= 0.6 is 11.6 Å². The van der Waals surface area contributed by atoms with E-state index < -0.39 is 17.7 Å². The number of Topliss-reactive ketones (excluding diaryl/α,β-unsaturated/α-hetero) is 1. The summed E-state index contributed by atoms with van der Waals surface area (Å²) in [5.41, 5.74) is 2.68. The SMILES string of the molecule is COc1cc(/C(O)=C2\C(=O)C(=O)N(c3ccc(C#N)cc3)C2c2ccccc2C)ccc1Cl. The van der Waals surface area contributed by atoms with Crippen LogP contribution in [0.1, 0.15) is 28.3 Å². The zero-order valence-corrected chi connectivity index (χ0v) is 18.6. The molecule has 0 bridgehead atoms. The van der Waals surface area contributed by atoms with Crippen molar-refractivity contribution in [1.82, 2.24) is 0 Å². The molecular weight excluding hydrogens is 440 g/mol. The molecule has 1 aliphatic rings. The maximum absolute atomic E-state index is 13.2. The van der Waals surface area contributed by atoms with E-state index in [1.54, 1.807) is 36.4 Å². The van der Waals surface area contributed by atoms with Gasteiger partial charge < -0.3 is 9.84 Å². The summed E-state index contributed by atoms with van der Waals surface area (Å²) in [6.45, 7) is 1.87. The summed E-state index contributed by atoms with van der Waals surface area (Å²) in [4.78, 5) is 27.8. The number of rotatable bonds is 4. The van der Waals surface area contributed by atoms with Crippen molar-refractivity contribution in [3.8, 4) is 11.8 Å². The van der Waals surface area contributed by atoms with Gasteiger partial charge in [-0.15, -0.1) is 0 Å². The maximum atomic E-state index is 13.2. The number of benzene rings is 3. The Morgan fingerprint density at radius 2 is 1.79 bits per heavy atom. The number of halogens is 1. The van der Waals surface area contributed by atoms with Crippen molar-refractivity contribution in [3.05, 3.63) is 99.6 Å². The molecule has 3 aromatic rings. The number of carbonyl (C=O) groups excluding carboxylic acids is 2. The number of aliphatic hydroxyl groups is 1. The summed E-state index contributed by atoms with van der Waals surface area (Å²) in [5, 5.41) is 20.7. The number of aryl methyl sites for hydroxylation is 1.